The number of Topliss-reactive ketones (excluding diaryl/α,β-unsaturated/α-hetero) is 1. The Balaban J connectivity index is 1.68. The molecule has 1 aromatic carbocycles. The van der Waals surface area contributed by atoms with Crippen molar-refractivity contribution >= 4 is 5.78 Å². The number of hydrogen-bond acceptors (Lipinski definition) is 4. The van der Waals surface area contributed by atoms with Crippen molar-refractivity contribution in [3.05, 3.63) is 46.8 Å². The summed E-state index contributed by atoms with van der Waals surface area (Å²) in [6, 6.07) is 8.09. The first kappa shape index (κ1) is 21.4. The van der Waals surface area contributed by atoms with Crippen molar-refractivity contribution in [2.24, 2.45) is 5.92 Å². The average Bonchev–Trinajstić information content (AvgIpc) is 3.00. The standard InChI is InChI=1S/C24H34N2O3/c1-17-7-6-11-25(15-17)16-22(27)21-13-18(2)26(19(21)3)12-10-20-8-9-23(28-4)24(14-20)29-5/h8-9,13-14,17H,6-7,10-12,15-16H2,1-5H3. The summed E-state index contributed by atoms with van der Waals surface area (Å²) < 4.78 is 13.0. The monoisotopic (exact) mass is 398 g/mol. The molecule has 1 aliphatic heterocycles. The molecule has 1 aliphatic rings. The van der Waals surface area contributed by atoms with Crippen LogP contribution in [0.3, 0.4) is 0 Å². The largest absolute Gasteiger partial charge is 0.493 e. The van der Waals surface area contributed by atoms with Crippen LogP contribution in [-0.2, 0) is 13.0 Å². The van der Waals surface area contributed by atoms with Gasteiger partial charge >= 0.3 is 0 Å². The van der Waals surface area contributed by atoms with Gasteiger partial charge in [0.1, 0.15) is 0 Å². The molecule has 0 aliphatic carbocycles. The Morgan fingerprint density at radius 2 is 1.90 bits per heavy atom. The first-order chi connectivity index (χ1) is 13.9. The summed E-state index contributed by atoms with van der Waals surface area (Å²) in [7, 11) is 3.30. The molecule has 0 radical (unpaired) electrons. The predicted molar refractivity (Wildman–Crippen MR) is 116 cm³/mol. The van der Waals surface area contributed by atoms with Gasteiger partial charge < -0.3 is 14.0 Å². The van der Waals surface area contributed by atoms with Crippen molar-refractivity contribution < 1.29 is 14.3 Å². The average molecular weight is 399 g/mol. The third-order valence-electron chi connectivity index (χ3n) is 6.05. The van der Waals surface area contributed by atoms with Crippen LogP contribution in [0.1, 0.15) is 47.1 Å². The van der Waals surface area contributed by atoms with E-state index in [1.54, 1.807) is 14.2 Å². The Labute approximate surface area is 174 Å². The van der Waals surface area contributed by atoms with Gasteiger partial charge in [0.2, 0.25) is 0 Å². The number of ether oxygens (including phenoxy) is 2. The number of benzene rings is 1. The van der Waals surface area contributed by atoms with E-state index < -0.39 is 0 Å². The molecule has 0 spiro atoms. The molecule has 158 valence electrons. The molecule has 1 aromatic heterocycles. The van der Waals surface area contributed by atoms with Gasteiger partial charge in [-0.05, 0) is 69.3 Å². The molecule has 5 nitrogen and oxygen atoms in total. The van der Waals surface area contributed by atoms with Gasteiger partial charge in [0, 0.05) is 30.0 Å². The number of aromatic nitrogens is 1. The molecular weight excluding hydrogens is 364 g/mol. The van der Waals surface area contributed by atoms with Crippen molar-refractivity contribution in [1.82, 2.24) is 9.47 Å². The third kappa shape index (κ3) is 5.02. The van der Waals surface area contributed by atoms with Gasteiger partial charge in [0.25, 0.3) is 0 Å². The lowest BCUT2D eigenvalue weighted by Crippen LogP contribution is -2.38. The molecule has 1 atom stereocenters. The molecule has 2 aromatic rings. The Kier molecular flexibility index (Phi) is 7.01. The quantitative estimate of drug-likeness (QED) is 0.623. The summed E-state index contributed by atoms with van der Waals surface area (Å²) in [5, 5.41) is 0. The first-order valence-electron chi connectivity index (χ1n) is 10.6. The number of carbonyl (C=O) groups is 1. The third-order valence-corrected chi connectivity index (χ3v) is 6.05. The van der Waals surface area contributed by atoms with E-state index in [2.05, 4.69) is 42.4 Å². The number of hydrogen-bond donors (Lipinski definition) is 0. The predicted octanol–water partition coefficient (Wildman–Crippen LogP) is 4.28. The maximum atomic E-state index is 12.9. The molecule has 0 saturated carbocycles. The van der Waals surface area contributed by atoms with Gasteiger partial charge in [-0.15, -0.1) is 0 Å². The molecule has 1 fully saturated rings. The number of nitrogens with zero attached hydrogens (tertiary/aromatic N) is 2. The van der Waals surface area contributed by atoms with Gasteiger partial charge in [-0.25, -0.2) is 0 Å². The van der Waals surface area contributed by atoms with E-state index in [9.17, 15) is 4.79 Å². The molecular formula is C24H34N2O3. The van der Waals surface area contributed by atoms with Crippen molar-refractivity contribution in [3.63, 3.8) is 0 Å². The number of carbonyl (C=O) groups excluding carboxylic acids is 1. The van der Waals surface area contributed by atoms with E-state index in [1.807, 2.05) is 12.1 Å². The van der Waals surface area contributed by atoms with Crippen molar-refractivity contribution in [2.45, 2.75) is 46.6 Å². The molecule has 0 amide bonds. The van der Waals surface area contributed by atoms with Crippen LogP contribution in [0.25, 0.3) is 0 Å². The van der Waals surface area contributed by atoms with Crippen LogP contribution in [0, 0.1) is 19.8 Å². The number of ketones is 1. The summed E-state index contributed by atoms with van der Waals surface area (Å²) in [5.41, 5.74) is 4.26. The fraction of sp³-hybridized carbons (Fsp3) is 0.542. The minimum atomic E-state index is 0.240. The van der Waals surface area contributed by atoms with Gasteiger partial charge in [0.05, 0.1) is 20.8 Å². The van der Waals surface area contributed by atoms with Crippen LogP contribution in [-0.4, -0.2) is 49.1 Å². The minimum Gasteiger partial charge on any atom is -0.493 e. The fourth-order valence-electron chi connectivity index (χ4n) is 4.42. The lowest BCUT2D eigenvalue weighted by Gasteiger charge is -2.30. The molecule has 3 rings (SSSR count). The minimum absolute atomic E-state index is 0.240. The molecule has 1 unspecified atom stereocenters. The van der Waals surface area contributed by atoms with Crippen LogP contribution in [0.5, 0.6) is 11.5 Å². The second-order valence-corrected chi connectivity index (χ2v) is 8.28. The second-order valence-electron chi connectivity index (χ2n) is 8.28. The highest BCUT2D eigenvalue weighted by Crippen LogP contribution is 2.28. The Bertz CT molecular complexity index is 856. The number of aryl methyl sites for hydroxylation is 2. The Morgan fingerprint density at radius 1 is 1.14 bits per heavy atom. The fourth-order valence-corrected chi connectivity index (χ4v) is 4.42. The normalized spacial score (nSPS) is 17.3. The van der Waals surface area contributed by atoms with Crippen LogP contribution < -0.4 is 9.47 Å². The van der Waals surface area contributed by atoms with Gasteiger partial charge in [0.15, 0.2) is 17.3 Å². The topological polar surface area (TPSA) is 43.7 Å². The molecule has 1 saturated heterocycles. The Morgan fingerprint density at radius 3 is 2.59 bits per heavy atom. The summed E-state index contributed by atoms with van der Waals surface area (Å²) in [5.74, 6) is 2.41. The van der Waals surface area contributed by atoms with Crippen LogP contribution in [0.4, 0.5) is 0 Å². The lowest BCUT2D eigenvalue weighted by molar-refractivity contribution is 0.0892. The summed E-state index contributed by atoms with van der Waals surface area (Å²) in [6.07, 6.45) is 3.34. The molecule has 2 heterocycles. The highest BCUT2D eigenvalue weighted by molar-refractivity contribution is 5.99. The summed E-state index contributed by atoms with van der Waals surface area (Å²) in [4.78, 5) is 15.3. The van der Waals surface area contributed by atoms with E-state index >= 15 is 0 Å². The van der Waals surface area contributed by atoms with E-state index in [1.165, 1.54) is 18.4 Å². The van der Waals surface area contributed by atoms with Crippen LogP contribution in [0.15, 0.2) is 24.3 Å². The van der Waals surface area contributed by atoms with E-state index in [0.29, 0.717) is 12.5 Å². The number of methoxy groups -OCH3 is 2. The van der Waals surface area contributed by atoms with Crippen molar-refractivity contribution in [1.29, 1.82) is 0 Å². The highest BCUT2D eigenvalue weighted by Gasteiger charge is 2.22. The highest BCUT2D eigenvalue weighted by atomic mass is 16.5. The zero-order chi connectivity index (χ0) is 21.0. The van der Waals surface area contributed by atoms with Crippen LogP contribution >= 0.6 is 0 Å². The van der Waals surface area contributed by atoms with E-state index in [-0.39, 0.29) is 5.78 Å². The first-order valence-corrected chi connectivity index (χ1v) is 10.6. The van der Waals surface area contributed by atoms with Crippen molar-refractivity contribution in [3.8, 4) is 11.5 Å². The number of rotatable bonds is 8. The zero-order valence-corrected chi connectivity index (χ0v) is 18.5. The lowest BCUT2D eigenvalue weighted by atomic mass is 9.99. The SMILES string of the molecule is COc1ccc(CCn2c(C)cc(C(=O)CN3CCCC(C)C3)c2C)cc1OC. The van der Waals surface area contributed by atoms with E-state index in [0.717, 1.165) is 54.5 Å². The van der Waals surface area contributed by atoms with Crippen LogP contribution in [0.2, 0.25) is 0 Å². The molecule has 0 bridgehead atoms. The maximum Gasteiger partial charge on any atom is 0.178 e. The second kappa shape index (κ2) is 9.49. The molecule has 0 N–H and O–H groups in total. The van der Waals surface area contributed by atoms with Gasteiger partial charge in [-0.1, -0.05) is 13.0 Å². The number of piperidine rings is 1. The summed E-state index contributed by atoms with van der Waals surface area (Å²) in [6.45, 7) is 9.86. The molecule has 5 heteroatoms. The van der Waals surface area contributed by atoms with Gasteiger partial charge in [-0.3, -0.25) is 9.69 Å². The smallest absolute Gasteiger partial charge is 0.178 e. The Hall–Kier alpha value is -2.27. The van der Waals surface area contributed by atoms with E-state index in [4.69, 9.17) is 9.47 Å². The summed E-state index contributed by atoms with van der Waals surface area (Å²) >= 11 is 0. The number of likely N-dealkylation sites (tertiary alicyclic amines) is 1. The van der Waals surface area contributed by atoms with Gasteiger partial charge in [-0.2, -0.15) is 0 Å². The molecule has 29 heavy (non-hydrogen) atoms. The maximum absolute atomic E-state index is 12.9. The van der Waals surface area contributed by atoms with Crippen molar-refractivity contribution in [2.75, 3.05) is 33.9 Å². The zero-order valence-electron chi connectivity index (χ0n) is 18.5.